The number of rotatable bonds is 4. The standard InChI is InChI=1S/C17H19N3O2.HI/c1-12-3-9-15(10-4-12)20-17(18)19-11-13-5-7-14(8-6-13)16(21)22-2;/h3-10H,11H2,1-2H3,(H3,18,19,20);1H. The number of nitrogens with one attached hydrogen (secondary N) is 1. The van der Waals surface area contributed by atoms with E-state index in [4.69, 9.17) is 5.73 Å². The van der Waals surface area contributed by atoms with Crippen LogP contribution in [0.15, 0.2) is 53.5 Å². The predicted molar refractivity (Wildman–Crippen MR) is 103 cm³/mol. The third-order valence-corrected chi connectivity index (χ3v) is 3.13. The number of hydrogen-bond acceptors (Lipinski definition) is 3. The molecule has 5 nitrogen and oxygen atoms in total. The maximum absolute atomic E-state index is 11.3. The van der Waals surface area contributed by atoms with Gasteiger partial charge in [0, 0.05) is 5.69 Å². The minimum absolute atomic E-state index is 0. The maximum Gasteiger partial charge on any atom is 0.337 e. The molecule has 2 aromatic carbocycles. The summed E-state index contributed by atoms with van der Waals surface area (Å²) in [6.45, 7) is 2.46. The zero-order valence-electron chi connectivity index (χ0n) is 13.1. The molecule has 0 bridgehead atoms. The molecular formula is C17H20IN3O2. The quantitative estimate of drug-likeness (QED) is 0.341. The van der Waals surface area contributed by atoms with Crippen LogP contribution in [0.2, 0.25) is 0 Å². The maximum atomic E-state index is 11.3. The Hall–Kier alpha value is -2.09. The van der Waals surface area contributed by atoms with E-state index < -0.39 is 0 Å². The number of halogens is 1. The van der Waals surface area contributed by atoms with Gasteiger partial charge in [-0.15, -0.1) is 24.0 Å². The van der Waals surface area contributed by atoms with Crippen LogP contribution in [0, 0.1) is 6.92 Å². The molecule has 0 aliphatic carbocycles. The van der Waals surface area contributed by atoms with Crippen LogP contribution >= 0.6 is 24.0 Å². The minimum atomic E-state index is -0.351. The summed E-state index contributed by atoms with van der Waals surface area (Å²) in [7, 11) is 1.36. The van der Waals surface area contributed by atoms with E-state index in [1.807, 2.05) is 43.3 Å². The molecule has 6 heteroatoms. The van der Waals surface area contributed by atoms with Crippen molar-refractivity contribution in [2.24, 2.45) is 10.7 Å². The van der Waals surface area contributed by atoms with Crippen LogP contribution < -0.4 is 11.1 Å². The summed E-state index contributed by atoms with van der Waals surface area (Å²) in [6.07, 6.45) is 0. The SMILES string of the molecule is COC(=O)c1ccc(CN=C(N)Nc2ccc(C)cc2)cc1.I. The summed E-state index contributed by atoms with van der Waals surface area (Å²) in [5.74, 6) is -0.00324. The molecular weight excluding hydrogens is 405 g/mol. The third kappa shape index (κ3) is 5.90. The molecule has 0 aliphatic rings. The van der Waals surface area contributed by atoms with E-state index in [-0.39, 0.29) is 29.9 Å². The van der Waals surface area contributed by atoms with Crippen molar-refractivity contribution >= 4 is 41.6 Å². The minimum Gasteiger partial charge on any atom is -0.465 e. The summed E-state index contributed by atoms with van der Waals surface area (Å²) < 4.78 is 4.65. The van der Waals surface area contributed by atoms with Gasteiger partial charge >= 0.3 is 5.97 Å². The molecule has 2 rings (SSSR count). The molecule has 0 saturated carbocycles. The number of aryl methyl sites for hydroxylation is 1. The number of carbonyl (C=O) groups is 1. The summed E-state index contributed by atoms with van der Waals surface area (Å²) >= 11 is 0. The van der Waals surface area contributed by atoms with Gasteiger partial charge in [-0.2, -0.15) is 0 Å². The second kappa shape index (κ2) is 9.14. The van der Waals surface area contributed by atoms with Gasteiger partial charge < -0.3 is 15.8 Å². The molecule has 122 valence electrons. The van der Waals surface area contributed by atoms with Gasteiger partial charge in [-0.25, -0.2) is 9.79 Å². The second-order valence-electron chi connectivity index (χ2n) is 4.88. The number of benzene rings is 2. The molecule has 23 heavy (non-hydrogen) atoms. The van der Waals surface area contributed by atoms with Gasteiger partial charge in [0.25, 0.3) is 0 Å². The first kappa shape index (κ1) is 19.0. The van der Waals surface area contributed by atoms with Crippen molar-refractivity contribution in [3.8, 4) is 0 Å². The normalized spacial score (nSPS) is 10.6. The molecule has 0 heterocycles. The van der Waals surface area contributed by atoms with Crippen molar-refractivity contribution in [2.75, 3.05) is 12.4 Å². The van der Waals surface area contributed by atoms with Crippen molar-refractivity contribution in [2.45, 2.75) is 13.5 Å². The zero-order chi connectivity index (χ0) is 15.9. The summed E-state index contributed by atoms with van der Waals surface area (Å²) in [4.78, 5) is 15.6. The number of aliphatic imine (C=N–C) groups is 1. The van der Waals surface area contributed by atoms with Gasteiger partial charge in [0.1, 0.15) is 0 Å². The Morgan fingerprint density at radius 3 is 2.30 bits per heavy atom. The Balaban J connectivity index is 0.00000264. The van der Waals surface area contributed by atoms with Crippen LogP contribution in [0.4, 0.5) is 5.69 Å². The van der Waals surface area contributed by atoms with Crippen LogP contribution in [-0.2, 0) is 11.3 Å². The van der Waals surface area contributed by atoms with Gasteiger partial charge in [-0.3, -0.25) is 0 Å². The van der Waals surface area contributed by atoms with E-state index in [9.17, 15) is 4.79 Å². The lowest BCUT2D eigenvalue weighted by atomic mass is 10.1. The first-order chi connectivity index (χ1) is 10.6. The van der Waals surface area contributed by atoms with Gasteiger partial charge in [0.05, 0.1) is 19.2 Å². The number of carbonyl (C=O) groups excluding carboxylic acids is 1. The number of guanidine groups is 1. The van der Waals surface area contributed by atoms with Gasteiger partial charge in [0.15, 0.2) is 5.96 Å². The van der Waals surface area contributed by atoms with E-state index in [0.29, 0.717) is 18.1 Å². The Kier molecular flexibility index (Phi) is 7.53. The van der Waals surface area contributed by atoms with Crippen molar-refractivity contribution in [3.05, 3.63) is 65.2 Å². The molecule has 0 spiro atoms. The number of esters is 1. The molecule has 0 saturated heterocycles. The highest BCUT2D eigenvalue weighted by Crippen LogP contribution is 2.09. The monoisotopic (exact) mass is 425 g/mol. The number of nitrogens with two attached hydrogens (primary N) is 1. The van der Waals surface area contributed by atoms with Crippen LogP contribution in [-0.4, -0.2) is 19.0 Å². The Bertz CT molecular complexity index is 667. The van der Waals surface area contributed by atoms with E-state index >= 15 is 0 Å². The Morgan fingerprint density at radius 1 is 1.13 bits per heavy atom. The van der Waals surface area contributed by atoms with Crippen LogP contribution in [0.1, 0.15) is 21.5 Å². The number of hydrogen-bond donors (Lipinski definition) is 2. The first-order valence-electron chi connectivity index (χ1n) is 6.89. The van der Waals surface area contributed by atoms with Crippen molar-refractivity contribution < 1.29 is 9.53 Å². The van der Waals surface area contributed by atoms with Gasteiger partial charge in [0.2, 0.25) is 0 Å². The topological polar surface area (TPSA) is 76.7 Å². The smallest absolute Gasteiger partial charge is 0.337 e. The van der Waals surface area contributed by atoms with Crippen LogP contribution in [0.5, 0.6) is 0 Å². The average Bonchev–Trinajstić information content (AvgIpc) is 2.55. The fourth-order valence-electron chi connectivity index (χ4n) is 1.86. The Labute approximate surface area is 153 Å². The number of methoxy groups -OCH3 is 1. The molecule has 0 radical (unpaired) electrons. The number of anilines is 1. The summed E-state index contributed by atoms with van der Waals surface area (Å²) in [6, 6.07) is 15.0. The fourth-order valence-corrected chi connectivity index (χ4v) is 1.86. The lowest BCUT2D eigenvalue weighted by Crippen LogP contribution is -2.22. The highest BCUT2D eigenvalue weighted by molar-refractivity contribution is 14.0. The third-order valence-electron chi connectivity index (χ3n) is 3.13. The lowest BCUT2D eigenvalue weighted by Gasteiger charge is -2.06. The molecule has 0 fully saturated rings. The van der Waals surface area contributed by atoms with E-state index in [1.54, 1.807) is 12.1 Å². The molecule has 2 aromatic rings. The highest BCUT2D eigenvalue weighted by atomic mass is 127. The zero-order valence-corrected chi connectivity index (χ0v) is 15.4. The van der Waals surface area contributed by atoms with Crippen molar-refractivity contribution in [1.82, 2.24) is 0 Å². The van der Waals surface area contributed by atoms with Gasteiger partial charge in [-0.05, 0) is 36.8 Å². The van der Waals surface area contributed by atoms with Crippen LogP contribution in [0.25, 0.3) is 0 Å². The lowest BCUT2D eigenvalue weighted by molar-refractivity contribution is 0.0600. The number of nitrogens with zero attached hydrogens (tertiary/aromatic N) is 1. The summed E-state index contributed by atoms with van der Waals surface area (Å²) in [5, 5.41) is 3.03. The van der Waals surface area contributed by atoms with E-state index in [1.165, 1.54) is 12.7 Å². The molecule has 0 unspecified atom stereocenters. The van der Waals surface area contributed by atoms with Gasteiger partial charge in [-0.1, -0.05) is 29.8 Å². The highest BCUT2D eigenvalue weighted by Gasteiger charge is 2.04. The molecule has 0 atom stereocenters. The predicted octanol–water partition coefficient (Wildman–Crippen LogP) is 3.33. The van der Waals surface area contributed by atoms with E-state index in [2.05, 4.69) is 15.0 Å². The first-order valence-corrected chi connectivity index (χ1v) is 6.89. The molecule has 3 N–H and O–H groups in total. The molecule has 0 aromatic heterocycles. The van der Waals surface area contributed by atoms with Crippen LogP contribution in [0.3, 0.4) is 0 Å². The second-order valence-corrected chi connectivity index (χ2v) is 4.88. The van der Waals surface area contributed by atoms with Crippen molar-refractivity contribution in [3.63, 3.8) is 0 Å². The summed E-state index contributed by atoms with van der Waals surface area (Å²) in [5.41, 5.74) is 9.41. The van der Waals surface area contributed by atoms with Crippen molar-refractivity contribution in [1.29, 1.82) is 0 Å². The largest absolute Gasteiger partial charge is 0.465 e. The molecule has 0 aliphatic heterocycles. The number of ether oxygens (including phenoxy) is 1. The average molecular weight is 425 g/mol. The Morgan fingerprint density at radius 2 is 1.74 bits per heavy atom. The molecule has 0 amide bonds. The fraction of sp³-hybridized carbons (Fsp3) is 0.176. The van der Waals surface area contributed by atoms with E-state index in [0.717, 1.165) is 11.3 Å².